The van der Waals surface area contributed by atoms with Crippen molar-refractivity contribution in [3.8, 4) is 5.75 Å². The summed E-state index contributed by atoms with van der Waals surface area (Å²) in [6.45, 7) is 5.30. The maximum atomic E-state index is 13.3. The smallest absolute Gasteiger partial charge is 0.246 e. The van der Waals surface area contributed by atoms with Gasteiger partial charge in [0.05, 0.1) is 24.1 Å². The standard InChI is InChI=1S/C23H33N3O4S/c1-17-22(18(2)25(3)24-17)31(27,28)26-12-10-23(11-13-26)16-20(9-14-30-23)15-19-5-7-21(29-4)8-6-19/h5-8,20H,9-16H2,1-4H3. The lowest BCUT2D eigenvalue weighted by molar-refractivity contribution is -0.120. The molecule has 0 aliphatic carbocycles. The summed E-state index contributed by atoms with van der Waals surface area (Å²) < 4.78 is 41.4. The highest BCUT2D eigenvalue weighted by Crippen LogP contribution is 2.40. The minimum Gasteiger partial charge on any atom is -0.497 e. The van der Waals surface area contributed by atoms with E-state index in [4.69, 9.17) is 9.47 Å². The number of piperidine rings is 1. The highest BCUT2D eigenvalue weighted by atomic mass is 32.2. The molecule has 2 saturated heterocycles. The Hall–Kier alpha value is -1.90. The van der Waals surface area contributed by atoms with Gasteiger partial charge in [-0.1, -0.05) is 12.1 Å². The summed E-state index contributed by atoms with van der Waals surface area (Å²) in [5.74, 6) is 1.42. The lowest BCUT2D eigenvalue weighted by Gasteiger charge is -2.46. The van der Waals surface area contributed by atoms with Crippen LogP contribution in [0.15, 0.2) is 29.2 Å². The van der Waals surface area contributed by atoms with Gasteiger partial charge in [-0.15, -0.1) is 0 Å². The Morgan fingerprint density at radius 3 is 2.45 bits per heavy atom. The van der Waals surface area contributed by atoms with E-state index in [9.17, 15) is 8.42 Å². The minimum atomic E-state index is -3.54. The van der Waals surface area contributed by atoms with E-state index in [0.717, 1.165) is 44.5 Å². The Kier molecular flexibility index (Phi) is 6.16. The molecule has 170 valence electrons. The number of sulfonamides is 1. The van der Waals surface area contributed by atoms with Gasteiger partial charge >= 0.3 is 0 Å². The van der Waals surface area contributed by atoms with Gasteiger partial charge in [-0.2, -0.15) is 9.40 Å². The summed E-state index contributed by atoms with van der Waals surface area (Å²) in [5.41, 5.74) is 2.35. The van der Waals surface area contributed by atoms with Gasteiger partial charge in [0.25, 0.3) is 0 Å². The molecule has 7 nitrogen and oxygen atoms in total. The fourth-order valence-corrected chi connectivity index (χ4v) is 6.98. The molecule has 31 heavy (non-hydrogen) atoms. The Morgan fingerprint density at radius 2 is 1.87 bits per heavy atom. The lowest BCUT2D eigenvalue weighted by Crippen LogP contribution is -2.51. The van der Waals surface area contributed by atoms with Crippen LogP contribution in [-0.4, -0.2) is 54.9 Å². The Balaban J connectivity index is 1.42. The van der Waals surface area contributed by atoms with Crippen molar-refractivity contribution >= 4 is 10.0 Å². The van der Waals surface area contributed by atoms with Crippen LogP contribution in [0, 0.1) is 19.8 Å². The third-order valence-corrected chi connectivity index (χ3v) is 9.10. The van der Waals surface area contributed by atoms with Gasteiger partial charge in [0, 0.05) is 26.7 Å². The van der Waals surface area contributed by atoms with E-state index < -0.39 is 10.0 Å². The fraction of sp³-hybridized carbons (Fsp3) is 0.609. The first-order valence-corrected chi connectivity index (χ1v) is 12.5. The van der Waals surface area contributed by atoms with Gasteiger partial charge in [-0.3, -0.25) is 4.68 Å². The van der Waals surface area contributed by atoms with E-state index in [1.54, 1.807) is 30.1 Å². The summed E-state index contributed by atoms with van der Waals surface area (Å²) in [7, 11) is -0.0796. The van der Waals surface area contributed by atoms with Crippen molar-refractivity contribution in [1.29, 1.82) is 0 Å². The lowest BCUT2D eigenvalue weighted by atomic mass is 9.78. The molecule has 0 N–H and O–H groups in total. The normalized spacial score (nSPS) is 22.0. The molecule has 0 amide bonds. The predicted octanol–water partition coefficient (Wildman–Crippen LogP) is 3.24. The number of aryl methyl sites for hydroxylation is 2. The fourth-order valence-electron chi connectivity index (χ4n) is 5.14. The molecular weight excluding hydrogens is 414 g/mol. The predicted molar refractivity (Wildman–Crippen MR) is 119 cm³/mol. The molecule has 3 heterocycles. The number of hydrogen-bond donors (Lipinski definition) is 0. The monoisotopic (exact) mass is 447 g/mol. The number of methoxy groups -OCH3 is 1. The number of aromatic nitrogens is 2. The van der Waals surface area contributed by atoms with Gasteiger partial charge < -0.3 is 9.47 Å². The number of rotatable bonds is 5. The van der Waals surface area contributed by atoms with Crippen LogP contribution in [0.25, 0.3) is 0 Å². The van der Waals surface area contributed by atoms with E-state index in [2.05, 4.69) is 17.2 Å². The molecule has 2 aliphatic rings. The first-order chi connectivity index (χ1) is 14.7. The average Bonchev–Trinajstić information content (AvgIpc) is 3.01. The molecule has 1 atom stereocenters. The van der Waals surface area contributed by atoms with E-state index in [0.29, 0.717) is 35.3 Å². The van der Waals surface area contributed by atoms with Crippen molar-refractivity contribution in [2.24, 2.45) is 13.0 Å². The molecule has 1 unspecified atom stereocenters. The van der Waals surface area contributed by atoms with E-state index >= 15 is 0 Å². The van der Waals surface area contributed by atoms with Gasteiger partial charge in [-0.05, 0) is 69.6 Å². The van der Waals surface area contributed by atoms with E-state index in [1.807, 2.05) is 19.1 Å². The summed E-state index contributed by atoms with van der Waals surface area (Å²) in [5, 5.41) is 4.29. The van der Waals surface area contributed by atoms with E-state index in [-0.39, 0.29) is 5.60 Å². The van der Waals surface area contributed by atoms with Crippen molar-refractivity contribution in [1.82, 2.24) is 14.1 Å². The van der Waals surface area contributed by atoms with Gasteiger partial charge in [0.2, 0.25) is 10.0 Å². The second kappa shape index (κ2) is 8.56. The molecular formula is C23H33N3O4S. The molecule has 0 radical (unpaired) electrons. The van der Waals surface area contributed by atoms with Crippen LogP contribution in [0.1, 0.15) is 42.6 Å². The summed E-state index contributed by atoms with van der Waals surface area (Å²) >= 11 is 0. The number of hydrogen-bond acceptors (Lipinski definition) is 5. The minimum absolute atomic E-state index is 0.208. The highest BCUT2D eigenvalue weighted by Gasteiger charge is 2.43. The number of ether oxygens (including phenoxy) is 2. The molecule has 1 spiro atoms. The Labute approximate surface area is 185 Å². The maximum absolute atomic E-state index is 13.3. The molecule has 1 aromatic heterocycles. The molecule has 2 aromatic rings. The molecule has 4 rings (SSSR count). The molecule has 0 bridgehead atoms. The first-order valence-electron chi connectivity index (χ1n) is 11.0. The maximum Gasteiger partial charge on any atom is 0.246 e. The van der Waals surface area contributed by atoms with E-state index in [1.165, 1.54) is 5.56 Å². The van der Waals surface area contributed by atoms with Crippen LogP contribution in [0.3, 0.4) is 0 Å². The number of nitrogens with zero attached hydrogens (tertiary/aromatic N) is 3. The van der Waals surface area contributed by atoms with Crippen molar-refractivity contribution < 1.29 is 17.9 Å². The van der Waals surface area contributed by atoms with Crippen molar-refractivity contribution in [3.05, 3.63) is 41.2 Å². The zero-order chi connectivity index (χ0) is 22.2. The first kappa shape index (κ1) is 22.3. The number of benzene rings is 1. The van der Waals surface area contributed by atoms with Crippen LogP contribution >= 0.6 is 0 Å². The third-order valence-electron chi connectivity index (χ3n) is 6.95. The largest absolute Gasteiger partial charge is 0.497 e. The summed E-state index contributed by atoms with van der Waals surface area (Å²) in [4.78, 5) is 0.355. The Morgan fingerprint density at radius 1 is 1.19 bits per heavy atom. The van der Waals surface area contributed by atoms with Crippen LogP contribution in [0.5, 0.6) is 5.75 Å². The second-order valence-corrected chi connectivity index (χ2v) is 10.8. The van der Waals surface area contributed by atoms with Crippen molar-refractivity contribution in [3.63, 3.8) is 0 Å². The molecule has 2 aliphatic heterocycles. The third kappa shape index (κ3) is 4.38. The Bertz CT molecular complexity index is 1020. The zero-order valence-electron chi connectivity index (χ0n) is 18.9. The average molecular weight is 448 g/mol. The second-order valence-electron chi connectivity index (χ2n) is 8.97. The van der Waals surface area contributed by atoms with Crippen LogP contribution in [0.4, 0.5) is 0 Å². The van der Waals surface area contributed by atoms with Crippen molar-refractivity contribution in [2.75, 3.05) is 26.8 Å². The quantitative estimate of drug-likeness (QED) is 0.704. The van der Waals surface area contributed by atoms with Gasteiger partial charge in [0.15, 0.2) is 0 Å². The molecule has 1 aromatic carbocycles. The van der Waals surface area contributed by atoms with Gasteiger partial charge in [0.1, 0.15) is 10.6 Å². The van der Waals surface area contributed by atoms with Crippen LogP contribution < -0.4 is 4.74 Å². The van der Waals surface area contributed by atoms with Gasteiger partial charge in [-0.25, -0.2) is 8.42 Å². The molecule has 2 fully saturated rings. The molecule has 8 heteroatoms. The summed E-state index contributed by atoms with van der Waals surface area (Å²) in [6, 6.07) is 8.29. The zero-order valence-corrected chi connectivity index (χ0v) is 19.7. The topological polar surface area (TPSA) is 73.7 Å². The van der Waals surface area contributed by atoms with Crippen LogP contribution in [0.2, 0.25) is 0 Å². The SMILES string of the molecule is COc1ccc(CC2CCOC3(CCN(S(=O)(=O)c4c(C)nn(C)c4C)CC3)C2)cc1. The summed E-state index contributed by atoms with van der Waals surface area (Å²) in [6.07, 6.45) is 4.53. The molecule has 0 saturated carbocycles. The van der Waals surface area contributed by atoms with Crippen molar-refractivity contribution in [2.45, 2.75) is 56.4 Å². The highest BCUT2D eigenvalue weighted by molar-refractivity contribution is 7.89. The van der Waals surface area contributed by atoms with Crippen LogP contribution in [-0.2, 0) is 28.2 Å².